The lowest BCUT2D eigenvalue weighted by Gasteiger charge is -2.21. The third kappa shape index (κ3) is 1.23. The van der Waals surface area contributed by atoms with Crippen molar-refractivity contribution in [3.8, 4) is 11.3 Å². The van der Waals surface area contributed by atoms with E-state index in [1.165, 1.54) is 11.1 Å². The SMILES string of the molecule is OC(C1CC1)[C@@H]1c2ccccc2-c2cncn21. The highest BCUT2D eigenvalue weighted by atomic mass is 16.3. The summed E-state index contributed by atoms with van der Waals surface area (Å²) in [6.45, 7) is 0. The number of aliphatic hydroxyl groups excluding tert-OH is 1. The van der Waals surface area contributed by atoms with Crippen LogP contribution in [0.4, 0.5) is 0 Å². The van der Waals surface area contributed by atoms with Crippen molar-refractivity contribution in [1.82, 2.24) is 9.55 Å². The van der Waals surface area contributed by atoms with Crippen LogP contribution in [0.3, 0.4) is 0 Å². The first-order valence-electron chi connectivity index (χ1n) is 6.15. The van der Waals surface area contributed by atoms with E-state index < -0.39 is 0 Å². The molecule has 0 radical (unpaired) electrons. The number of hydrogen-bond acceptors (Lipinski definition) is 2. The number of nitrogens with zero attached hydrogens (tertiary/aromatic N) is 2. The largest absolute Gasteiger partial charge is 0.390 e. The third-order valence-electron chi connectivity index (χ3n) is 3.95. The van der Waals surface area contributed by atoms with E-state index in [0.717, 1.165) is 18.5 Å². The van der Waals surface area contributed by atoms with Gasteiger partial charge in [-0.2, -0.15) is 0 Å². The average molecular weight is 226 g/mol. The highest BCUT2D eigenvalue weighted by Gasteiger charge is 2.41. The van der Waals surface area contributed by atoms with Crippen molar-refractivity contribution >= 4 is 0 Å². The summed E-state index contributed by atoms with van der Waals surface area (Å²) >= 11 is 0. The fourth-order valence-electron chi connectivity index (χ4n) is 2.92. The van der Waals surface area contributed by atoms with E-state index in [9.17, 15) is 5.11 Å². The Hall–Kier alpha value is -1.61. The van der Waals surface area contributed by atoms with Crippen LogP contribution in [-0.2, 0) is 0 Å². The number of hydrogen-bond donors (Lipinski definition) is 1. The van der Waals surface area contributed by atoms with Gasteiger partial charge in [-0.25, -0.2) is 4.98 Å². The number of imidazole rings is 1. The molecule has 1 aliphatic heterocycles. The highest BCUT2D eigenvalue weighted by Crippen LogP contribution is 2.46. The molecule has 86 valence electrons. The van der Waals surface area contributed by atoms with Gasteiger partial charge in [0.05, 0.1) is 30.4 Å². The van der Waals surface area contributed by atoms with Gasteiger partial charge < -0.3 is 9.67 Å². The maximum atomic E-state index is 10.5. The van der Waals surface area contributed by atoms with Crippen LogP contribution in [0.5, 0.6) is 0 Å². The predicted molar refractivity (Wildman–Crippen MR) is 64.5 cm³/mol. The van der Waals surface area contributed by atoms with Gasteiger partial charge in [0.25, 0.3) is 0 Å². The van der Waals surface area contributed by atoms with Crippen molar-refractivity contribution in [1.29, 1.82) is 0 Å². The average Bonchev–Trinajstić information content (AvgIpc) is 3.01. The minimum absolute atomic E-state index is 0.0659. The van der Waals surface area contributed by atoms with E-state index in [0.29, 0.717) is 5.92 Å². The predicted octanol–water partition coefficient (Wildman–Crippen LogP) is 2.22. The number of benzene rings is 1. The van der Waals surface area contributed by atoms with E-state index in [-0.39, 0.29) is 12.1 Å². The van der Waals surface area contributed by atoms with E-state index in [4.69, 9.17) is 0 Å². The van der Waals surface area contributed by atoms with Gasteiger partial charge in [0.15, 0.2) is 0 Å². The molecule has 17 heavy (non-hydrogen) atoms. The van der Waals surface area contributed by atoms with Crippen LogP contribution >= 0.6 is 0 Å². The standard InChI is InChI=1S/C14H14N2O/c17-14(9-5-6-9)13-11-4-2-1-3-10(11)12-7-15-8-16(12)13/h1-4,7-9,13-14,17H,5-6H2/t13-,14?/m0/s1. The number of rotatable bonds is 2. The smallest absolute Gasteiger partial charge is 0.0957 e. The molecule has 3 nitrogen and oxygen atoms in total. The third-order valence-corrected chi connectivity index (χ3v) is 3.95. The first-order valence-corrected chi connectivity index (χ1v) is 6.15. The quantitative estimate of drug-likeness (QED) is 0.852. The Balaban J connectivity index is 1.89. The Morgan fingerprint density at radius 3 is 2.94 bits per heavy atom. The van der Waals surface area contributed by atoms with E-state index in [1.807, 2.05) is 24.7 Å². The molecule has 1 unspecified atom stereocenters. The summed E-state index contributed by atoms with van der Waals surface area (Å²) < 4.78 is 2.12. The highest BCUT2D eigenvalue weighted by molar-refractivity contribution is 5.69. The van der Waals surface area contributed by atoms with Gasteiger partial charge in [-0.3, -0.25) is 0 Å². The summed E-state index contributed by atoms with van der Waals surface area (Å²) in [6.07, 6.45) is 5.77. The van der Waals surface area contributed by atoms with Gasteiger partial charge in [-0.1, -0.05) is 24.3 Å². The molecule has 1 fully saturated rings. The van der Waals surface area contributed by atoms with Crippen molar-refractivity contribution in [3.63, 3.8) is 0 Å². The molecule has 1 N–H and O–H groups in total. The van der Waals surface area contributed by atoms with Crippen LogP contribution in [-0.4, -0.2) is 20.8 Å². The van der Waals surface area contributed by atoms with Gasteiger partial charge >= 0.3 is 0 Å². The maximum absolute atomic E-state index is 10.5. The molecule has 1 aromatic heterocycles. The summed E-state index contributed by atoms with van der Waals surface area (Å²) in [5.41, 5.74) is 3.59. The summed E-state index contributed by atoms with van der Waals surface area (Å²) in [7, 11) is 0. The summed E-state index contributed by atoms with van der Waals surface area (Å²) in [4.78, 5) is 4.21. The lowest BCUT2D eigenvalue weighted by molar-refractivity contribution is 0.111. The van der Waals surface area contributed by atoms with Gasteiger partial charge in [0.2, 0.25) is 0 Å². The van der Waals surface area contributed by atoms with Gasteiger partial charge in [0, 0.05) is 5.56 Å². The van der Waals surface area contributed by atoms with Crippen molar-refractivity contribution in [2.75, 3.05) is 0 Å². The van der Waals surface area contributed by atoms with Crippen LogP contribution in [0.1, 0.15) is 24.4 Å². The molecule has 0 bridgehead atoms. The maximum Gasteiger partial charge on any atom is 0.0957 e. The normalized spacial score (nSPS) is 23.2. The Morgan fingerprint density at radius 1 is 1.29 bits per heavy atom. The van der Waals surface area contributed by atoms with Gasteiger partial charge in [-0.05, 0) is 24.3 Å². The molecule has 0 spiro atoms. The van der Waals surface area contributed by atoms with Crippen molar-refractivity contribution < 1.29 is 5.11 Å². The van der Waals surface area contributed by atoms with Crippen LogP contribution < -0.4 is 0 Å². The van der Waals surface area contributed by atoms with Crippen molar-refractivity contribution in [2.45, 2.75) is 25.0 Å². The van der Waals surface area contributed by atoms with Crippen LogP contribution in [0, 0.1) is 5.92 Å². The topological polar surface area (TPSA) is 38.1 Å². The summed E-state index contributed by atoms with van der Waals surface area (Å²) in [6, 6.07) is 8.39. The minimum Gasteiger partial charge on any atom is -0.390 e. The molecule has 0 saturated heterocycles. The number of aromatic nitrogens is 2. The second kappa shape index (κ2) is 3.20. The molecule has 1 aliphatic carbocycles. The molecule has 4 rings (SSSR count). The lowest BCUT2D eigenvalue weighted by Crippen LogP contribution is -2.24. The van der Waals surface area contributed by atoms with Gasteiger partial charge in [-0.15, -0.1) is 0 Å². The van der Waals surface area contributed by atoms with Gasteiger partial charge in [0.1, 0.15) is 0 Å². The molecule has 2 aromatic rings. The molecule has 0 amide bonds. The number of fused-ring (bicyclic) bond motifs is 3. The fourth-order valence-corrected chi connectivity index (χ4v) is 2.92. The zero-order valence-electron chi connectivity index (χ0n) is 9.45. The second-order valence-corrected chi connectivity index (χ2v) is 5.05. The Bertz CT molecular complexity index is 571. The van der Waals surface area contributed by atoms with Crippen LogP contribution in [0.25, 0.3) is 11.3 Å². The summed E-state index contributed by atoms with van der Waals surface area (Å²) in [5.74, 6) is 0.474. The number of aliphatic hydroxyl groups is 1. The first kappa shape index (κ1) is 9.42. The van der Waals surface area contributed by atoms with Crippen LogP contribution in [0.2, 0.25) is 0 Å². The molecular weight excluding hydrogens is 212 g/mol. The zero-order chi connectivity index (χ0) is 11.4. The van der Waals surface area contributed by atoms with E-state index in [2.05, 4.69) is 21.7 Å². The zero-order valence-corrected chi connectivity index (χ0v) is 9.45. The van der Waals surface area contributed by atoms with Crippen LogP contribution in [0.15, 0.2) is 36.8 Å². The van der Waals surface area contributed by atoms with Crippen molar-refractivity contribution in [2.24, 2.45) is 5.92 Å². The first-order chi connectivity index (χ1) is 8.36. The molecule has 2 heterocycles. The second-order valence-electron chi connectivity index (χ2n) is 5.05. The molecule has 2 aliphatic rings. The summed E-state index contributed by atoms with van der Waals surface area (Å²) in [5, 5.41) is 10.5. The minimum atomic E-state index is -0.272. The lowest BCUT2D eigenvalue weighted by atomic mass is 9.97. The molecule has 1 aromatic carbocycles. The molecule has 1 saturated carbocycles. The van der Waals surface area contributed by atoms with E-state index in [1.54, 1.807) is 0 Å². The Kier molecular flexibility index (Phi) is 1.77. The Labute approximate surface area is 99.7 Å². The monoisotopic (exact) mass is 226 g/mol. The molecule has 2 atom stereocenters. The van der Waals surface area contributed by atoms with Crippen molar-refractivity contribution in [3.05, 3.63) is 42.4 Å². The Morgan fingerprint density at radius 2 is 2.12 bits per heavy atom. The molecule has 3 heteroatoms. The fraction of sp³-hybridized carbons (Fsp3) is 0.357. The van der Waals surface area contributed by atoms with E-state index >= 15 is 0 Å². The molecular formula is C14H14N2O.